The first-order valence-electron chi connectivity index (χ1n) is 8.73. The van der Waals surface area contributed by atoms with E-state index in [-0.39, 0.29) is 4.70 Å². The topological polar surface area (TPSA) is 52.6 Å². The summed E-state index contributed by atoms with van der Waals surface area (Å²) in [6.07, 6.45) is 0. The maximum Gasteiger partial charge on any atom is 0.343 e. The molecule has 4 nitrogen and oxygen atoms in total. The first kappa shape index (κ1) is 20.8. The van der Waals surface area contributed by atoms with E-state index in [0.717, 1.165) is 11.1 Å². The zero-order chi connectivity index (χ0) is 19.2. The van der Waals surface area contributed by atoms with E-state index in [4.69, 9.17) is 9.47 Å². The highest BCUT2D eigenvalue weighted by atomic mass is 19.0. The Morgan fingerprint density at radius 1 is 0.714 bits per heavy atom. The number of hydrogen-bond donors (Lipinski definition) is 0. The molecule has 0 saturated heterocycles. The lowest BCUT2D eigenvalue weighted by Gasteiger charge is -2.07. The molecule has 0 aromatic heterocycles. The molecule has 0 aliphatic rings. The van der Waals surface area contributed by atoms with Gasteiger partial charge in [0.2, 0.25) is 0 Å². The molecule has 0 amide bonds. The average molecular weight is 380 g/mol. The molecule has 0 radical (unpaired) electrons. The van der Waals surface area contributed by atoms with Crippen molar-refractivity contribution in [2.24, 2.45) is 0 Å². The second-order valence-corrected chi connectivity index (χ2v) is 6.08. The van der Waals surface area contributed by atoms with Gasteiger partial charge in [-0.25, -0.2) is 9.59 Å². The third-order valence-electron chi connectivity index (χ3n) is 4.08. The van der Waals surface area contributed by atoms with Crippen molar-refractivity contribution in [2.45, 2.75) is 13.8 Å². The summed E-state index contributed by atoms with van der Waals surface area (Å²) >= 11 is 0. The van der Waals surface area contributed by atoms with Gasteiger partial charge in [0, 0.05) is 0 Å². The molecule has 0 aliphatic heterocycles. The molecule has 0 N–H and O–H groups in total. The van der Waals surface area contributed by atoms with Gasteiger partial charge in [-0.15, -0.1) is 0 Å². The summed E-state index contributed by atoms with van der Waals surface area (Å²) in [6.45, 7) is 4.11. The second kappa shape index (κ2) is 9.46. The maximum absolute atomic E-state index is 12.3. The van der Waals surface area contributed by atoms with Crippen LogP contribution in [0.2, 0.25) is 0 Å². The van der Waals surface area contributed by atoms with Crippen molar-refractivity contribution >= 4 is 11.9 Å². The van der Waals surface area contributed by atoms with Gasteiger partial charge < -0.3 is 9.47 Å². The van der Waals surface area contributed by atoms with E-state index in [9.17, 15) is 9.59 Å². The van der Waals surface area contributed by atoms with Crippen LogP contribution >= 0.6 is 0 Å². The highest BCUT2D eigenvalue weighted by Gasteiger charge is 2.11. The number of rotatable bonds is 5. The zero-order valence-electron chi connectivity index (χ0n) is 15.7. The molecule has 0 aliphatic carbocycles. The molecule has 0 unspecified atom stereocenters. The third kappa shape index (κ3) is 5.04. The average Bonchev–Trinajstić information content (AvgIpc) is 2.69. The Morgan fingerprint density at radius 2 is 1.18 bits per heavy atom. The quantitative estimate of drug-likeness (QED) is 0.450. The van der Waals surface area contributed by atoms with Gasteiger partial charge in [-0.1, -0.05) is 42.0 Å². The minimum absolute atomic E-state index is 0. The van der Waals surface area contributed by atoms with Gasteiger partial charge >= 0.3 is 11.9 Å². The first-order valence-corrected chi connectivity index (χ1v) is 8.73. The summed E-state index contributed by atoms with van der Waals surface area (Å²) in [5.41, 5.74) is 4.20. The number of esters is 2. The standard InChI is InChI=1S/C23H20O4.FH/c1-3-26-22(24)19-12-14-21(15-13-19)27-23(25)20-10-8-18(9-11-20)17-6-4-16(2)5-7-17;/h4-15H,3H2,1-2H3;1H. The van der Waals surface area contributed by atoms with E-state index in [1.807, 2.05) is 31.2 Å². The van der Waals surface area contributed by atoms with Crippen molar-refractivity contribution in [1.29, 1.82) is 0 Å². The van der Waals surface area contributed by atoms with Crippen LogP contribution in [-0.4, -0.2) is 18.5 Å². The van der Waals surface area contributed by atoms with Crippen LogP contribution in [0.5, 0.6) is 5.75 Å². The first-order chi connectivity index (χ1) is 13.1. The predicted octanol–water partition coefficient (Wildman–Crippen LogP) is 5.21. The Balaban J connectivity index is 0.00000280. The zero-order valence-corrected chi connectivity index (χ0v) is 15.7. The lowest BCUT2D eigenvalue weighted by molar-refractivity contribution is 0.0526. The number of ether oxygens (including phenoxy) is 2. The normalized spacial score (nSPS) is 9.93. The van der Waals surface area contributed by atoms with Gasteiger partial charge in [0.05, 0.1) is 17.7 Å². The number of hydrogen-bond acceptors (Lipinski definition) is 4. The van der Waals surface area contributed by atoms with Crippen molar-refractivity contribution < 1.29 is 23.8 Å². The van der Waals surface area contributed by atoms with Crippen molar-refractivity contribution in [3.8, 4) is 16.9 Å². The molecule has 5 heteroatoms. The summed E-state index contributed by atoms with van der Waals surface area (Å²) in [5.74, 6) is -0.480. The largest absolute Gasteiger partial charge is 0.462 e. The molecule has 144 valence electrons. The van der Waals surface area contributed by atoms with E-state index in [1.54, 1.807) is 43.3 Å². The number of carbonyl (C=O) groups is 2. The van der Waals surface area contributed by atoms with E-state index in [0.29, 0.717) is 23.5 Å². The number of benzene rings is 3. The maximum atomic E-state index is 12.3. The van der Waals surface area contributed by atoms with Gasteiger partial charge in [0.15, 0.2) is 0 Å². The van der Waals surface area contributed by atoms with Gasteiger partial charge in [-0.3, -0.25) is 4.70 Å². The van der Waals surface area contributed by atoms with Gasteiger partial charge in [-0.05, 0) is 61.4 Å². The summed E-state index contributed by atoms with van der Waals surface area (Å²) in [5, 5.41) is 0. The molecular weight excluding hydrogens is 359 g/mol. The molecule has 0 bridgehead atoms. The Hall–Kier alpha value is -3.47. The molecule has 0 atom stereocenters. The van der Waals surface area contributed by atoms with Gasteiger partial charge in [0.1, 0.15) is 5.75 Å². The van der Waals surface area contributed by atoms with Crippen LogP contribution in [-0.2, 0) is 4.74 Å². The predicted molar refractivity (Wildman–Crippen MR) is 106 cm³/mol. The fourth-order valence-electron chi connectivity index (χ4n) is 2.58. The Labute approximate surface area is 163 Å². The van der Waals surface area contributed by atoms with Crippen LogP contribution in [0.25, 0.3) is 11.1 Å². The minimum Gasteiger partial charge on any atom is -0.462 e. The number of halogens is 1. The van der Waals surface area contributed by atoms with Crippen LogP contribution in [0.15, 0.2) is 72.8 Å². The van der Waals surface area contributed by atoms with E-state index >= 15 is 0 Å². The third-order valence-corrected chi connectivity index (χ3v) is 4.08. The second-order valence-electron chi connectivity index (χ2n) is 6.08. The van der Waals surface area contributed by atoms with Crippen LogP contribution in [0.1, 0.15) is 33.2 Å². The van der Waals surface area contributed by atoms with Gasteiger partial charge in [-0.2, -0.15) is 0 Å². The molecule has 3 aromatic carbocycles. The van der Waals surface area contributed by atoms with E-state index in [2.05, 4.69) is 12.1 Å². The molecule has 3 aromatic rings. The fraction of sp³-hybridized carbons (Fsp3) is 0.130. The molecule has 0 fully saturated rings. The van der Waals surface area contributed by atoms with Crippen molar-refractivity contribution in [2.75, 3.05) is 6.61 Å². The monoisotopic (exact) mass is 380 g/mol. The smallest absolute Gasteiger partial charge is 0.343 e. The summed E-state index contributed by atoms with van der Waals surface area (Å²) in [4.78, 5) is 24.0. The lowest BCUT2D eigenvalue weighted by Crippen LogP contribution is -2.09. The van der Waals surface area contributed by atoms with Gasteiger partial charge in [0.25, 0.3) is 0 Å². The SMILES string of the molecule is CCOC(=O)c1ccc(OC(=O)c2ccc(-c3ccc(C)cc3)cc2)cc1.F. The summed E-state index contributed by atoms with van der Waals surface area (Å²) < 4.78 is 10.3. The van der Waals surface area contributed by atoms with Crippen LogP contribution in [0.4, 0.5) is 4.70 Å². The van der Waals surface area contributed by atoms with Crippen LogP contribution in [0.3, 0.4) is 0 Å². The minimum atomic E-state index is -0.450. The molecular formula is C23H21FO4. The summed E-state index contributed by atoms with van der Waals surface area (Å²) in [7, 11) is 0. The Morgan fingerprint density at radius 3 is 1.71 bits per heavy atom. The Bertz CT molecular complexity index is 930. The van der Waals surface area contributed by atoms with Crippen molar-refractivity contribution in [3.05, 3.63) is 89.5 Å². The molecule has 28 heavy (non-hydrogen) atoms. The Kier molecular flexibility index (Phi) is 7.04. The number of carbonyl (C=O) groups excluding carboxylic acids is 2. The van der Waals surface area contributed by atoms with Crippen LogP contribution in [0, 0.1) is 6.92 Å². The highest BCUT2D eigenvalue weighted by molar-refractivity contribution is 5.92. The van der Waals surface area contributed by atoms with E-state index < -0.39 is 11.9 Å². The summed E-state index contributed by atoms with van der Waals surface area (Å²) in [6, 6.07) is 21.8. The molecule has 0 spiro atoms. The molecule has 0 heterocycles. The fourth-order valence-corrected chi connectivity index (χ4v) is 2.58. The lowest BCUT2D eigenvalue weighted by atomic mass is 10.0. The van der Waals surface area contributed by atoms with E-state index in [1.165, 1.54) is 5.56 Å². The van der Waals surface area contributed by atoms with Crippen molar-refractivity contribution in [3.63, 3.8) is 0 Å². The van der Waals surface area contributed by atoms with Crippen molar-refractivity contribution in [1.82, 2.24) is 0 Å². The molecule has 0 saturated carbocycles. The number of aryl methyl sites for hydroxylation is 1. The molecule has 3 rings (SSSR count). The highest BCUT2D eigenvalue weighted by Crippen LogP contribution is 2.21. The van der Waals surface area contributed by atoms with Crippen LogP contribution < -0.4 is 4.74 Å².